The summed E-state index contributed by atoms with van der Waals surface area (Å²) < 4.78 is 11.3. The van der Waals surface area contributed by atoms with Gasteiger partial charge < -0.3 is 14.5 Å². The van der Waals surface area contributed by atoms with Crippen LogP contribution in [0, 0.1) is 0 Å². The molecule has 1 saturated heterocycles. The summed E-state index contributed by atoms with van der Waals surface area (Å²) in [5, 5.41) is 5.24. The van der Waals surface area contributed by atoms with E-state index in [-0.39, 0.29) is 18.6 Å². The number of hydrogen-bond acceptors (Lipinski definition) is 4. The summed E-state index contributed by atoms with van der Waals surface area (Å²) >= 11 is 0. The summed E-state index contributed by atoms with van der Waals surface area (Å²) in [7, 11) is 0. The first-order chi connectivity index (χ1) is 13.3. The highest BCUT2D eigenvalue weighted by atomic mass is 16.5. The molecule has 1 aromatic heterocycles. The van der Waals surface area contributed by atoms with Crippen LogP contribution >= 0.6 is 0 Å². The molecular formula is C22H24N2O3. The molecule has 0 spiro atoms. The van der Waals surface area contributed by atoms with Gasteiger partial charge in [0.05, 0.1) is 12.3 Å². The van der Waals surface area contributed by atoms with Gasteiger partial charge in [-0.05, 0) is 61.0 Å². The van der Waals surface area contributed by atoms with E-state index in [1.54, 1.807) is 6.26 Å². The van der Waals surface area contributed by atoms with Gasteiger partial charge in [-0.2, -0.15) is 0 Å². The third-order valence-electron chi connectivity index (χ3n) is 5.04. The number of nitrogens with one attached hydrogen (secondary N) is 1. The summed E-state index contributed by atoms with van der Waals surface area (Å²) in [5.74, 6) is 1.47. The number of benzene rings is 2. The predicted octanol–water partition coefficient (Wildman–Crippen LogP) is 3.76. The van der Waals surface area contributed by atoms with Gasteiger partial charge in [0.15, 0.2) is 6.61 Å². The van der Waals surface area contributed by atoms with Crippen molar-refractivity contribution in [2.45, 2.75) is 18.9 Å². The monoisotopic (exact) mass is 364 g/mol. The minimum atomic E-state index is -0.126. The Bertz CT molecular complexity index is 885. The summed E-state index contributed by atoms with van der Waals surface area (Å²) in [4.78, 5) is 14.6. The fraction of sp³-hybridized carbons (Fsp3) is 0.318. The molecule has 2 aromatic carbocycles. The molecule has 1 amide bonds. The molecule has 140 valence electrons. The van der Waals surface area contributed by atoms with Crippen LogP contribution in [-0.4, -0.2) is 37.0 Å². The van der Waals surface area contributed by atoms with Crippen molar-refractivity contribution in [1.29, 1.82) is 0 Å². The van der Waals surface area contributed by atoms with E-state index in [0.717, 1.165) is 29.6 Å². The first-order valence-electron chi connectivity index (χ1n) is 9.45. The van der Waals surface area contributed by atoms with Crippen molar-refractivity contribution in [2.24, 2.45) is 0 Å². The van der Waals surface area contributed by atoms with E-state index in [2.05, 4.69) is 16.3 Å². The number of nitrogens with zero attached hydrogens (tertiary/aromatic N) is 1. The van der Waals surface area contributed by atoms with Crippen molar-refractivity contribution in [1.82, 2.24) is 10.2 Å². The minimum absolute atomic E-state index is 0.00319. The van der Waals surface area contributed by atoms with Crippen molar-refractivity contribution in [3.63, 3.8) is 0 Å². The van der Waals surface area contributed by atoms with Crippen LogP contribution in [0.2, 0.25) is 0 Å². The van der Waals surface area contributed by atoms with Crippen molar-refractivity contribution >= 4 is 16.7 Å². The van der Waals surface area contributed by atoms with Gasteiger partial charge in [0.25, 0.3) is 5.91 Å². The largest absolute Gasteiger partial charge is 0.484 e. The third-order valence-corrected chi connectivity index (χ3v) is 5.04. The molecule has 0 aliphatic carbocycles. The number of hydrogen-bond donors (Lipinski definition) is 1. The van der Waals surface area contributed by atoms with Crippen LogP contribution in [0.5, 0.6) is 5.75 Å². The Labute approximate surface area is 158 Å². The molecule has 0 bridgehead atoms. The zero-order valence-corrected chi connectivity index (χ0v) is 15.3. The number of furan rings is 1. The van der Waals surface area contributed by atoms with Gasteiger partial charge >= 0.3 is 0 Å². The molecule has 1 atom stereocenters. The summed E-state index contributed by atoms with van der Waals surface area (Å²) in [6, 6.07) is 17.9. The fourth-order valence-corrected chi connectivity index (χ4v) is 3.61. The normalized spacial score (nSPS) is 15.7. The lowest BCUT2D eigenvalue weighted by molar-refractivity contribution is -0.123. The molecule has 4 rings (SSSR count). The molecule has 0 saturated carbocycles. The predicted molar refractivity (Wildman–Crippen MR) is 105 cm³/mol. The van der Waals surface area contributed by atoms with Crippen LogP contribution in [0.15, 0.2) is 65.3 Å². The smallest absolute Gasteiger partial charge is 0.258 e. The molecular weight excluding hydrogens is 340 g/mol. The second-order valence-corrected chi connectivity index (χ2v) is 6.88. The van der Waals surface area contributed by atoms with E-state index in [4.69, 9.17) is 9.15 Å². The Morgan fingerprint density at radius 1 is 1.07 bits per heavy atom. The average Bonchev–Trinajstić information content (AvgIpc) is 3.41. The minimum Gasteiger partial charge on any atom is -0.484 e. The molecule has 5 nitrogen and oxygen atoms in total. The number of carbonyl (C=O) groups is 1. The van der Waals surface area contributed by atoms with E-state index in [1.165, 1.54) is 12.8 Å². The van der Waals surface area contributed by atoms with E-state index < -0.39 is 0 Å². The van der Waals surface area contributed by atoms with Crippen LogP contribution in [0.25, 0.3) is 10.8 Å². The molecule has 1 fully saturated rings. The van der Waals surface area contributed by atoms with Crippen LogP contribution < -0.4 is 10.1 Å². The number of likely N-dealkylation sites (tertiary alicyclic amines) is 1. The van der Waals surface area contributed by atoms with Gasteiger partial charge in [-0.15, -0.1) is 0 Å². The maximum atomic E-state index is 12.3. The number of ether oxygens (including phenoxy) is 1. The number of fused-ring (bicyclic) bond motifs is 1. The van der Waals surface area contributed by atoms with Crippen molar-refractivity contribution in [3.8, 4) is 5.75 Å². The molecule has 1 aliphatic rings. The molecule has 27 heavy (non-hydrogen) atoms. The topological polar surface area (TPSA) is 54.7 Å². The first-order valence-corrected chi connectivity index (χ1v) is 9.45. The summed E-state index contributed by atoms with van der Waals surface area (Å²) in [6.45, 7) is 2.60. The van der Waals surface area contributed by atoms with Gasteiger partial charge in [-0.25, -0.2) is 0 Å². The lowest BCUT2D eigenvalue weighted by Crippen LogP contribution is -2.38. The molecule has 5 heteroatoms. The molecule has 1 unspecified atom stereocenters. The second-order valence-electron chi connectivity index (χ2n) is 6.88. The lowest BCUT2D eigenvalue weighted by Gasteiger charge is -2.26. The Kier molecular flexibility index (Phi) is 5.39. The van der Waals surface area contributed by atoms with Gasteiger partial charge in [0.1, 0.15) is 11.5 Å². The van der Waals surface area contributed by atoms with E-state index in [9.17, 15) is 4.79 Å². The Morgan fingerprint density at radius 3 is 2.67 bits per heavy atom. The Morgan fingerprint density at radius 2 is 1.89 bits per heavy atom. The van der Waals surface area contributed by atoms with E-state index in [1.807, 2.05) is 48.5 Å². The van der Waals surface area contributed by atoms with Gasteiger partial charge in [-0.3, -0.25) is 9.69 Å². The Hall–Kier alpha value is -2.79. The number of amides is 1. The number of carbonyl (C=O) groups excluding carboxylic acids is 1. The standard InChI is InChI=1S/C22H24N2O3/c25-22(16-27-19-10-9-17-6-1-2-7-18(17)14-19)23-15-20(21-8-5-13-26-21)24-11-3-4-12-24/h1-2,5-10,13-14,20H,3-4,11-12,15-16H2,(H,23,25). The summed E-state index contributed by atoms with van der Waals surface area (Å²) in [5.41, 5.74) is 0. The quantitative estimate of drug-likeness (QED) is 0.693. The number of rotatable bonds is 7. The zero-order valence-electron chi connectivity index (χ0n) is 15.3. The second kappa shape index (κ2) is 8.27. The molecule has 3 aromatic rings. The fourth-order valence-electron chi connectivity index (χ4n) is 3.61. The van der Waals surface area contributed by atoms with Crippen LogP contribution in [0.4, 0.5) is 0 Å². The van der Waals surface area contributed by atoms with Crippen molar-refractivity contribution in [2.75, 3.05) is 26.2 Å². The van der Waals surface area contributed by atoms with Crippen molar-refractivity contribution < 1.29 is 13.9 Å². The maximum Gasteiger partial charge on any atom is 0.258 e. The summed E-state index contributed by atoms with van der Waals surface area (Å²) in [6.07, 6.45) is 4.07. The average molecular weight is 364 g/mol. The maximum absolute atomic E-state index is 12.3. The van der Waals surface area contributed by atoms with Crippen LogP contribution in [-0.2, 0) is 4.79 Å². The van der Waals surface area contributed by atoms with Crippen LogP contribution in [0.1, 0.15) is 24.6 Å². The highest BCUT2D eigenvalue weighted by molar-refractivity contribution is 5.84. The molecule has 2 heterocycles. The SMILES string of the molecule is O=C(COc1ccc2ccccc2c1)NCC(c1ccco1)N1CCCC1. The Balaban J connectivity index is 1.32. The third kappa shape index (κ3) is 4.31. The van der Waals surface area contributed by atoms with Crippen molar-refractivity contribution in [3.05, 3.63) is 66.6 Å². The molecule has 1 aliphatic heterocycles. The highest BCUT2D eigenvalue weighted by Crippen LogP contribution is 2.25. The van der Waals surface area contributed by atoms with Gasteiger partial charge in [0, 0.05) is 6.54 Å². The molecule has 0 radical (unpaired) electrons. The highest BCUT2D eigenvalue weighted by Gasteiger charge is 2.25. The van der Waals surface area contributed by atoms with Crippen LogP contribution in [0.3, 0.4) is 0 Å². The van der Waals surface area contributed by atoms with E-state index >= 15 is 0 Å². The van der Waals surface area contributed by atoms with Gasteiger partial charge in [-0.1, -0.05) is 30.3 Å². The zero-order chi connectivity index (χ0) is 18.5. The van der Waals surface area contributed by atoms with E-state index in [0.29, 0.717) is 12.3 Å². The van der Waals surface area contributed by atoms with Gasteiger partial charge in [0.2, 0.25) is 0 Å². The molecule has 1 N–H and O–H groups in total. The lowest BCUT2D eigenvalue weighted by atomic mass is 10.1. The first kappa shape index (κ1) is 17.6.